The molecule has 3 rings (SSSR count). The van der Waals surface area contributed by atoms with Gasteiger partial charge in [-0.25, -0.2) is 4.68 Å². The summed E-state index contributed by atoms with van der Waals surface area (Å²) in [5.41, 5.74) is 0.153. The van der Waals surface area contributed by atoms with E-state index < -0.39 is 11.9 Å². The van der Waals surface area contributed by atoms with Crippen molar-refractivity contribution in [3.63, 3.8) is 0 Å². The number of carbonyl (C=O) groups is 3. The zero-order valence-electron chi connectivity index (χ0n) is 14.3. The molecule has 1 saturated heterocycles. The molecule has 1 aliphatic heterocycles. The number of aromatic amines is 1. The Kier molecular flexibility index (Phi) is 3.98. The summed E-state index contributed by atoms with van der Waals surface area (Å²) in [7, 11) is 0. The highest BCUT2D eigenvalue weighted by molar-refractivity contribution is 6.00. The monoisotopic (exact) mass is 344 g/mol. The van der Waals surface area contributed by atoms with Crippen molar-refractivity contribution in [1.29, 1.82) is 0 Å². The number of hydrogen-bond acceptors (Lipinski definition) is 4. The van der Waals surface area contributed by atoms with Crippen molar-refractivity contribution >= 4 is 28.6 Å². The van der Waals surface area contributed by atoms with Crippen LogP contribution in [0.5, 0.6) is 0 Å². The van der Waals surface area contributed by atoms with Gasteiger partial charge in [0.25, 0.3) is 17.4 Å². The van der Waals surface area contributed by atoms with Gasteiger partial charge in [-0.3, -0.25) is 29.6 Å². The number of fused-ring (bicyclic) bond motifs is 1. The number of rotatable bonds is 2. The predicted octanol–water partition coefficient (Wildman–Crippen LogP) is 0.836. The van der Waals surface area contributed by atoms with Crippen LogP contribution in [0.3, 0.4) is 0 Å². The minimum Gasteiger partial charge on any atom is -0.347 e. The molecule has 2 heterocycles. The molecule has 132 valence electrons. The number of H-pyrrole nitrogens is 1. The molecule has 0 aliphatic carbocycles. The molecule has 0 bridgehead atoms. The first kappa shape index (κ1) is 16.9. The Labute approximate surface area is 143 Å². The first-order valence-electron chi connectivity index (χ1n) is 8.06. The van der Waals surface area contributed by atoms with Crippen molar-refractivity contribution in [2.45, 2.75) is 45.2 Å². The van der Waals surface area contributed by atoms with Crippen LogP contribution >= 0.6 is 0 Å². The topological polar surface area (TPSA) is 113 Å². The number of amides is 3. The molecular formula is C17H20N4O4. The highest BCUT2D eigenvalue weighted by atomic mass is 16.2. The first-order chi connectivity index (χ1) is 11.7. The molecule has 8 heteroatoms. The number of carbonyl (C=O) groups excluding carboxylic acids is 3. The lowest BCUT2D eigenvalue weighted by Crippen LogP contribution is -2.44. The van der Waals surface area contributed by atoms with Crippen molar-refractivity contribution in [3.05, 3.63) is 34.1 Å². The molecule has 1 fully saturated rings. The number of hydrogen-bond donors (Lipinski definition) is 3. The molecule has 3 amide bonds. The summed E-state index contributed by atoms with van der Waals surface area (Å²) >= 11 is 0. The van der Waals surface area contributed by atoms with E-state index in [0.29, 0.717) is 16.5 Å². The summed E-state index contributed by atoms with van der Waals surface area (Å²) in [5.74, 6) is -1.09. The van der Waals surface area contributed by atoms with E-state index in [1.807, 2.05) is 20.8 Å². The summed E-state index contributed by atoms with van der Waals surface area (Å²) in [4.78, 5) is 48.1. The van der Waals surface area contributed by atoms with Gasteiger partial charge in [0, 0.05) is 17.5 Å². The quantitative estimate of drug-likeness (QED) is 0.701. The van der Waals surface area contributed by atoms with Gasteiger partial charge in [-0.15, -0.1) is 0 Å². The SMILES string of the molecule is CC(C)(C)NC(=O)c1ccc2c(=O)n(C3CCC(=O)NC3=O)[nH]c2c1. The van der Waals surface area contributed by atoms with Crippen molar-refractivity contribution < 1.29 is 14.4 Å². The molecule has 1 unspecified atom stereocenters. The zero-order valence-corrected chi connectivity index (χ0v) is 14.3. The largest absolute Gasteiger partial charge is 0.347 e. The maximum absolute atomic E-state index is 12.5. The Morgan fingerprint density at radius 1 is 1.24 bits per heavy atom. The molecule has 0 spiro atoms. The molecule has 0 saturated carbocycles. The molecule has 1 aliphatic rings. The van der Waals surface area contributed by atoms with Gasteiger partial charge in [0.05, 0.1) is 10.9 Å². The number of aromatic nitrogens is 2. The second kappa shape index (κ2) is 5.87. The van der Waals surface area contributed by atoms with E-state index in [9.17, 15) is 19.2 Å². The number of benzene rings is 1. The van der Waals surface area contributed by atoms with Gasteiger partial charge in [0.1, 0.15) is 6.04 Å². The molecule has 25 heavy (non-hydrogen) atoms. The van der Waals surface area contributed by atoms with Gasteiger partial charge in [-0.1, -0.05) is 0 Å². The first-order valence-corrected chi connectivity index (χ1v) is 8.06. The fraction of sp³-hybridized carbons (Fsp3) is 0.412. The molecule has 1 atom stereocenters. The van der Waals surface area contributed by atoms with E-state index in [0.717, 1.165) is 0 Å². The van der Waals surface area contributed by atoms with Crippen LogP contribution in [0.25, 0.3) is 10.9 Å². The summed E-state index contributed by atoms with van der Waals surface area (Å²) < 4.78 is 1.22. The number of nitrogens with one attached hydrogen (secondary N) is 3. The van der Waals surface area contributed by atoms with Crippen LogP contribution in [-0.2, 0) is 9.59 Å². The minimum atomic E-state index is -0.760. The third kappa shape index (κ3) is 3.33. The minimum absolute atomic E-state index is 0.178. The molecule has 2 aromatic rings. The van der Waals surface area contributed by atoms with E-state index in [-0.39, 0.29) is 35.8 Å². The van der Waals surface area contributed by atoms with Crippen molar-refractivity contribution in [2.24, 2.45) is 0 Å². The standard InChI is InChI=1S/C17H20N4O4/c1-17(2,3)19-14(23)9-4-5-10-11(8-9)20-21(16(10)25)12-6-7-13(22)18-15(12)24/h4-5,8,12,20H,6-7H2,1-3H3,(H,19,23)(H,18,22,24). The van der Waals surface area contributed by atoms with Crippen LogP contribution in [0.1, 0.15) is 50.0 Å². The van der Waals surface area contributed by atoms with E-state index in [2.05, 4.69) is 15.7 Å². The average Bonchev–Trinajstić information content (AvgIpc) is 2.82. The van der Waals surface area contributed by atoms with Crippen molar-refractivity contribution in [2.75, 3.05) is 0 Å². The number of imide groups is 1. The van der Waals surface area contributed by atoms with Crippen LogP contribution < -0.4 is 16.2 Å². The van der Waals surface area contributed by atoms with Gasteiger partial charge in [-0.2, -0.15) is 0 Å². The second-order valence-electron chi connectivity index (χ2n) is 7.22. The summed E-state index contributed by atoms with van der Waals surface area (Å²) in [6, 6.07) is 3.96. The lowest BCUT2D eigenvalue weighted by Gasteiger charge is -2.21. The summed E-state index contributed by atoms with van der Waals surface area (Å²) in [6.45, 7) is 5.64. The van der Waals surface area contributed by atoms with Crippen LogP contribution in [0.2, 0.25) is 0 Å². The Hall–Kier alpha value is -2.90. The lowest BCUT2D eigenvalue weighted by atomic mass is 10.1. The smallest absolute Gasteiger partial charge is 0.275 e. The maximum Gasteiger partial charge on any atom is 0.275 e. The lowest BCUT2D eigenvalue weighted by molar-refractivity contribution is -0.136. The van der Waals surface area contributed by atoms with Gasteiger partial charge >= 0.3 is 0 Å². The highest BCUT2D eigenvalue weighted by Gasteiger charge is 2.30. The van der Waals surface area contributed by atoms with E-state index in [1.54, 1.807) is 18.2 Å². The summed E-state index contributed by atoms with van der Waals surface area (Å²) in [5, 5.41) is 8.37. The molecule has 1 aromatic heterocycles. The maximum atomic E-state index is 12.5. The molecule has 3 N–H and O–H groups in total. The van der Waals surface area contributed by atoms with Crippen molar-refractivity contribution in [1.82, 2.24) is 20.4 Å². The molecular weight excluding hydrogens is 324 g/mol. The van der Waals surface area contributed by atoms with Crippen LogP contribution in [0.15, 0.2) is 23.0 Å². The van der Waals surface area contributed by atoms with E-state index in [1.165, 1.54) is 4.68 Å². The van der Waals surface area contributed by atoms with E-state index in [4.69, 9.17) is 0 Å². The van der Waals surface area contributed by atoms with E-state index >= 15 is 0 Å². The average molecular weight is 344 g/mol. The Balaban J connectivity index is 1.97. The van der Waals surface area contributed by atoms with Gasteiger partial charge < -0.3 is 5.32 Å². The Morgan fingerprint density at radius 3 is 2.60 bits per heavy atom. The Bertz CT molecular complexity index is 932. The third-order valence-corrected chi connectivity index (χ3v) is 3.98. The number of piperidine rings is 1. The van der Waals surface area contributed by atoms with Crippen LogP contribution in [0.4, 0.5) is 0 Å². The second-order valence-corrected chi connectivity index (χ2v) is 7.22. The van der Waals surface area contributed by atoms with Crippen LogP contribution in [0, 0.1) is 0 Å². The fourth-order valence-corrected chi connectivity index (χ4v) is 2.84. The van der Waals surface area contributed by atoms with Crippen LogP contribution in [-0.4, -0.2) is 33.0 Å². The Morgan fingerprint density at radius 2 is 1.96 bits per heavy atom. The predicted molar refractivity (Wildman–Crippen MR) is 91.2 cm³/mol. The normalized spacial score (nSPS) is 18.3. The van der Waals surface area contributed by atoms with Gasteiger partial charge in [-0.05, 0) is 45.4 Å². The van der Waals surface area contributed by atoms with Crippen molar-refractivity contribution in [3.8, 4) is 0 Å². The zero-order chi connectivity index (χ0) is 18.4. The molecule has 0 radical (unpaired) electrons. The third-order valence-electron chi connectivity index (χ3n) is 3.98. The fourth-order valence-electron chi connectivity index (χ4n) is 2.84. The molecule has 1 aromatic carbocycles. The number of nitrogens with zero attached hydrogens (tertiary/aromatic N) is 1. The highest BCUT2D eigenvalue weighted by Crippen LogP contribution is 2.19. The molecule has 8 nitrogen and oxygen atoms in total. The summed E-state index contributed by atoms with van der Waals surface area (Å²) in [6.07, 6.45) is 0.437. The van der Waals surface area contributed by atoms with Gasteiger partial charge in [0.2, 0.25) is 5.91 Å². The van der Waals surface area contributed by atoms with Gasteiger partial charge in [0.15, 0.2) is 0 Å².